The largest absolute Gasteiger partial charge is 0.302 e. The minimum Gasteiger partial charge on any atom is -0.302 e. The van der Waals surface area contributed by atoms with Gasteiger partial charge < -0.3 is 5.32 Å². The number of nitrogens with one attached hydrogen (secondary N) is 1. The third kappa shape index (κ3) is 3.97. The van der Waals surface area contributed by atoms with E-state index in [0.717, 1.165) is 16.0 Å². The zero-order valence-electron chi connectivity index (χ0n) is 15.2. The Kier molecular flexibility index (Phi) is 5.45. The number of aryl methyl sites for hydroxylation is 3. The number of thiazole rings is 1. The molecule has 0 spiro atoms. The molecule has 0 saturated carbocycles. The molecule has 1 aromatic heterocycles. The van der Waals surface area contributed by atoms with E-state index in [1.54, 1.807) is 12.3 Å². The molecule has 0 radical (unpaired) electrons. The maximum atomic E-state index is 12.9. The predicted octanol–water partition coefficient (Wildman–Crippen LogP) is 3.11. The van der Waals surface area contributed by atoms with Gasteiger partial charge in [-0.1, -0.05) is 17.7 Å². The Morgan fingerprint density at radius 3 is 2.50 bits per heavy atom. The fourth-order valence-corrected chi connectivity index (χ4v) is 5.55. The van der Waals surface area contributed by atoms with Crippen LogP contribution in [0.25, 0.3) is 0 Å². The van der Waals surface area contributed by atoms with Crippen molar-refractivity contribution in [1.29, 1.82) is 0 Å². The van der Waals surface area contributed by atoms with Crippen LogP contribution in [-0.4, -0.2) is 36.7 Å². The summed E-state index contributed by atoms with van der Waals surface area (Å²) in [5.41, 5.74) is 1.79. The van der Waals surface area contributed by atoms with E-state index in [2.05, 4.69) is 10.3 Å². The summed E-state index contributed by atoms with van der Waals surface area (Å²) in [6.07, 6.45) is 2.75. The topological polar surface area (TPSA) is 79.4 Å². The predicted molar refractivity (Wildman–Crippen MR) is 103 cm³/mol. The van der Waals surface area contributed by atoms with Crippen LogP contribution in [0.15, 0.2) is 29.3 Å². The highest BCUT2D eigenvalue weighted by atomic mass is 32.2. The third-order valence-electron chi connectivity index (χ3n) is 4.62. The highest BCUT2D eigenvalue weighted by Gasteiger charge is 2.33. The number of nitrogens with zero attached hydrogens (tertiary/aromatic N) is 2. The summed E-state index contributed by atoms with van der Waals surface area (Å²) in [6.45, 7) is 6.40. The van der Waals surface area contributed by atoms with Crippen molar-refractivity contribution in [2.75, 3.05) is 18.4 Å². The van der Waals surface area contributed by atoms with Gasteiger partial charge in [-0.3, -0.25) is 4.79 Å². The van der Waals surface area contributed by atoms with Crippen LogP contribution in [0, 0.1) is 26.7 Å². The number of anilines is 1. The van der Waals surface area contributed by atoms with E-state index in [1.165, 1.54) is 15.6 Å². The number of aromatic nitrogens is 1. The molecule has 1 aromatic carbocycles. The highest BCUT2D eigenvalue weighted by Crippen LogP contribution is 2.27. The number of carbonyl (C=O) groups excluding carboxylic acids is 1. The van der Waals surface area contributed by atoms with Gasteiger partial charge in [-0.05, 0) is 45.2 Å². The van der Waals surface area contributed by atoms with Gasteiger partial charge in [0.2, 0.25) is 15.9 Å². The maximum absolute atomic E-state index is 12.9. The Hall–Kier alpha value is -1.77. The maximum Gasteiger partial charge on any atom is 0.243 e. The van der Waals surface area contributed by atoms with E-state index < -0.39 is 10.0 Å². The second-order valence-corrected chi connectivity index (χ2v) is 9.85. The molecule has 0 aliphatic carbocycles. The Labute approximate surface area is 158 Å². The normalized spacial score (nSPS) is 16.6. The van der Waals surface area contributed by atoms with Crippen LogP contribution >= 0.6 is 11.3 Å². The first-order valence-corrected chi connectivity index (χ1v) is 10.8. The average Bonchev–Trinajstić information content (AvgIpc) is 2.99. The van der Waals surface area contributed by atoms with Crippen LogP contribution in [0.3, 0.4) is 0 Å². The molecule has 26 heavy (non-hydrogen) atoms. The molecule has 1 aliphatic heterocycles. The molecule has 1 aliphatic rings. The van der Waals surface area contributed by atoms with E-state index in [4.69, 9.17) is 0 Å². The van der Waals surface area contributed by atoms with E-state index >= 15 is 0 Å². The molecule has 8 heteroatoms. The summed E-state index contributed by atoms with van der Waals surface area (Å²) in [7, 11) is -3.52. The zero-order valence-corrected chi connectivity index (χ0v) is 16.8. The molecule has 0 bridgehead atoms. The fraction of sp³-hybridized carbons (Fsp3) is 0.444. The van der Waals surface area contributed by atoms with Crippen molar-refractivity contribution in [3.8, 4) is 0 Å². The molecule has 2 heterocycles. The molecular weight excluding hydrogens is 370 g/mol. The van der Waals surface area contributed by atoms with E-state index in [-0.39, 0.29) is 11.8 Å². The quantitative estimate of drug-likeness (QED) is 0.866. The second-order valence-electron chi connectivity index (χ2n) is 6.71. The van der Waals surface area contributed by atoms with Crippen molar-refractivity contribution >= 4 is 32.4 Å². The lowest BCUT2D eigenvalue weighted by molar-refractivity contribution is -0.120. The highest BCUT2D eigenvalue weighted by molar-refractivity contribution is 7.89. The van der Waals surface area contributed by atoms with Crippen molar-refractivity contribution in [3.05, 3.63) is 40.4 Å². The summed E-state index contributed by atoms with van der Waals surface area (Å²) < 4.78 is 27.3. The van der Waals surface area contributed by atoms with Crippen LogP contribution in [0.5, 0.6) is 0 Å². The Balaban J connectivity index is 1.65. The van der Waals surface area contributed by atoms with Gasteiger partial charge in [0.1, 0.15) is 0 Å². The standard InChI is InChI=1S/C18H23N3O3S2/c1-12-4-5-16(13(2)10-12)26(23,24)21-8-6-15(7-9-21)17(22)20-18-19-11-14(3)25-18/h4-5,10-11,15H,6-9H2,1-3H3,(H,19,20,22). The van der Waals surface area contributed by atoms with Crippen LogP contribution in [0.1, 0.15) is 28.8 Å². The molecular formula is C18H23N3O3S2. The number of piperidine rings is 1. The minimum atomic E-state index is -3.52. The molecule has 2 aromatic rings. The summed E-state index contributed by atoms with van der Waals surface area (Å²) >= 11 is 1.44. The van der Waals surface area contributed by atoms with Crippen molar-refractivity contribution < 1.29 is 13.2 Å². The number of carbonyl (C=O) groups is 1. The molecule has 1 N–H and O–H groups in total. The van der Waals surface area contributed by atoms with Crippen molar-refractivity contribution in [2.45, 2.75) is 38.5 Å². The third-order valence-corrected chi connectivity index (χ3v) is 7.51. The Bertz CT molecular complexity index is 914. The molecule has 0 unspecified atom stereocenters. The monoisotopic (exact) mass is 393 g/mol. The first-order chi connectivity index (χ1) is 12.3. The average molecular weight is 394 g/mol. The number of hydrogen-bond donors (Lipinski definition) is 1. The first kappa shape index (κ1) is 19.0. The Morgan fingerprint density at radius 1 is 1.23 bits per heavy atom. The number of rotatable bonds is 4. The van der Waals surface area contributed by atoms with Crippen LogP contribution in [-0.2, 0) is 14.8 Å². The zero-order chi connectivity index (χ0) is 18.9. The smallest absolute Gasteiger partial charge is 0.243 e. The number of amides is 1. The number of sulfonamides is 1. The van der Waals surface area contributed by atoms with Crippen molar-refractivity contribution in [2.24, 2.45) is 5.92 Å². The van der Waals surface area contributed by atoms with Gasteiger partial charge in [-0.25, -0.2) is 13.4 Å². The lowest BCUT2D eigenvalue weighted by Gasteiger charge is -2.30. The number of hydrogen-bond acceptors (Lipinski definition) is 5. The van der Waals surface area contributed by atoms with Gasteiger partial charge in [-0.2, -0.15) is 4.31 Å². The molecule has 140 valence electrons. The van der Waals surface area contributed by atoms with Crippen LogP contribution in [0.4, 0.5) is 5.13 Å². The summed E-state index contributed by atoms with van der Waals surface area (Å²) in [6, 6.07) is 5.36. The van der Waals surface area contributed by atoms with Gasteiger partial charge in [0.15, 0.2) is 5.13 Å². The second kappa shape index (κ2) is 7.46. The minimum absolute atomic E-state index is 0.0806. The molecule has 3 rings (SSSR count). The van der Waals surface area contributed by atoms with Gasteiger partial charge in [0.25, 0.3) is 0 Å². The van der Waals surface area contributed by atoms with Gasteiger partial charge >= 0.3 is 0 Å². The summed E-state index contributed by atoms with van der Waals surface area (Å²) in [4.78, 5) is 17.9. The lowest BCUT2D eigenvalue weighted by atomic mass is 9.97. The van der Waals surface area contributed by atoms with E-state index in [0.29, 0.717) is 36.0 Å². The molecule has 1 saturated heterocycles. The molecule has 6 nitrogen and oxygen atoms in total. The van der Waals surface area contributed by atoms with Crippen LogP contribution in [0.2, 0.25) is 0 Å². The summed E-state index contributed by atoms with van der Waals surface area (Å²) in [5, 5.41) is 3.43. The van der Waals surface area contributed by atoms with Gasteiger partial charge in [0, 0.05) is 30.1 Å². The van der Waals surface area contributed by atoms with Crippen molar-refractivity contribution in [1.82, 2.24) is 9.29 Å². The molecule has 1 fully saturated rings. The fourth-order valence-electron chi connectivity index (χ4n) is 3.21. The van der Waals surface area contributed by atoms with Gasteiger partial charge in [-0.15, -0.1) is 11.3 Å². The Morgan fingerprint density at radius 2 is 1.92 bits per heavy atom. The SMILES string of the molecule is Cc1ccc(S(=O)(=O)N2CCC(C(=O)Nc3ncc(C)s3)CC2)c(C)c1. The first-order valence-electron chi connectivity index (χ1n) is 8.58. The summed E-state index contributed by atoms with van der Waals surface area (Å²) in [5.74, 6) is -0.271. The number of benzene rings is 1. The van der Waals surface area contributed by atoms with Gasteiger partial charge in [0.05, 0.1) is 4.90 Å². The van der Waals surface area contributed by atoms with E-state index in [1.807, 2.05) is 32.9 Å². The lowest BCUT2D eigenvalue weighted by Crippen LogP contribution is -2.41. The molecule has 0 atom stereocenters. The van der Waals surface area contributed by atoms with E-state index in [9.17, 15) is 13.2 Å². The molecule has 1 amide bonds. The van der Waals surface area contributed by atoms with Crippen molar-refractivity contribution in [3.63, 3.8) is 0 Å². The van der Waals surface area contributed by atoms with Crippen LogP contribution < -0.4 is 5.32 Å².